The third-order valence-electron chi connectivity index (χ3n) is 8.50. The first-order valence-corrected chi connectivity index (χ1v) is 15.3. The Labute approximate surface area is 245 Å². The average molecular weight is 560 g/mol. The predicted octanol–water partition coefficient (Wildman–Crippen LogP) is 6.51. The summed E-state index contributed by atoms with van der Waals surface area (Å²) < 4.78 is 23.9. The molecule has 2 heterocycles. The van der Waals surface area contributed by atoms with Crippen molar-refractivity contribution in [3.8, 4) is 11.5 Å². The van der Waals surface area contributed by atoms with Crippen LogP contribution in [0.2, 0.25) is 0 Å². The molecule has 2 fully saturated rings. The zero-order valence-corrected chi connectivity index (χ0v) is 24.4. The standard InChI is InChI=1S/C35H45NO5/c1-38-33-15-7-6-14-31(33)32(21-26-41-34-16-8-11-25-40-34)35(37,28-12-4-2-5-13-28)29-17-19-30(20-18-29)39-27-24-36-22-9-3-10-23-36/h2,4-7,12-15,17-20,32,34,37H,3,8-11,16,21-27H2,1H3. The van der Waals surface area contributed by atoms with Crippen molar-refractivity contribution >= 4 is 0 Å². The van der Waals surface area contributed by atoms with E-state index in [0.29, 0.717) is 19.6 Å². The monoisotopic (exact) mass is 559 g/mol. The number of hydrogen-bond acceptors (Lipinski definition) is 6. The van der Waals surface area contributed by atoms with Gasteiger partial charge in [-0.05, 0) is 80.9 Å². The van der Waals surface area contributed by atoms with Gasteiger partial charge in [0.25, 0.3) is 0 Å². The van der Waals surface area contributed by atoms with Gasteiger partial charge in [0.05, 0.1) is 13.7 Å². The van der Waals surface area contributed by atoms with Gasteiger partial charge in [0.1, 0.15) is 23.7 Å². The predicted molar refractivity (Wildman–Crippen MR) is 162 cm³/mol. The second kappa shape index (κ2) is 14.8. The molecule has 0 spiro atoms. The SMILES string of the molecule is COc1ccccc1C(CCOC1CCCCO1)C(O)(c1ccccc1)c1ccc(OCCN2CCCCC2)cc1. The maximum absolute atomic E-state index is 12.9. The van der Waals surface area contributed by atoms with Crippen LogP contribution in [0, 0.1) is 0 Å². The van der Waals surface area contributed by atoms with Crippen LogP contribution in [-0.2, 0) is 15.1 Å². The molecular formula is C35H45NO5. The van der Waals surface area contributed by atoms with Gasteiger partial charge in [-0.1, -0.05) is 67.1 Å². The van der Waals surface area contributed by atoms with Crippen molar-refractivity contribution < 1.29 is 24.1 Å². The molecule has 1 N–H and O–H groups in total. The molecule has 220 valence electrons. The summed E-state index contributed by atoms with van der Waals surface area (Å²) in [5.74, 6) is 1.22. The quantitative estimate of drug-likeness (QED) is 0.258. The maximum atomic E-state index is 12.9. The fourth-order valence-electron chi connectivity index (χ4n) is 6.25. The lowest BCUT2D eigenvalue weighted by Gasteiger charge is -2.39. The molecule has 3 unspecified atom stereocenters. The molecule has 3 aromatic rings. The Morgan fingerprint density at radius 1 is 0.854 bits per heavy atom. The third-order valence-corrected chi connectivity index (χ3v) is 8.50. The first-order valence-electron chi connectivity index (χ1n) is 15.3. The molecule has 2 aliphatic heterocycles. The summed E-state index contributed by atoms with van der Waals surface area (Å²) in [6.07, 6.45) is 7.38. The van der Waals surface area contributed by atoms with E-state index in [0.717, 1.165) is 73.7 Å². The van der Waals surface area contributed by atoms with Crippen molar-refractivity contribution in [2.75, 3.05) is 46.6 Å². The summed E-state index contributed by atoms with van der Waals surface area (Å²) in [5.41, 5.74) is 1.23. The van der Waals surface area contributed by atoms with Gasteiger partial charge >= 0.3 is 0 Å². The van der Waals surface area contributed by atoms with E-state index in [1.54, 1.807) is 7.11 Å². The second-order valence-corrected chi connectivity index (χ2v) is 11.2. The number of para-hydroxylation sites is 1. The summed E-state index contributed by atoms with van der Waals surface area (Å²) in [5, 5.41) is 12.9. The molecule has 0 bridgehead atoms. The Kier molecular flexibility index (Phi) is 10.7. The fourth-order valence-corrected chi connectivity index (χ4v) is 6.25. The summed E-state index contributed by atoms with van der Waals surface area (Å²) in [6.45, 7) is 5.12. The number of aliphatic hydroxyl groups is 1. The highest BCUT2D eigenvalue weighted by Crippen LogP contribution is 2.47. The number of likely N-dealkylation sites (tertiary alicyclic amines) is 1. The van der Waals surface area contributed by atoms with Gasteiger partial charge in [0, 0.05) is 24.6 Å². The number of nitrogens with zero attached hydrogens (tertiary/aromatic N) is 1. The average Bonchev–Trinajstić information content (AvgIpc) is 3.04. The zero-order chi connectivity index (χ0) is 28.3. The van der Waals surface area contributed by atoms with Gasteiger partial charge in [-0.3, -0.25) is 4.90 Å². The van der Waals surface area contributed by atoms with E-state index >= 15 is 0 Å². The molecule has 2 aliphatic rings. The molecular weight excluding hydrogens is 514 g/mol. The van der Waals surface area contributed by atoms with Gasteiger partial charge in [0.2, 0.25) is 0 Å². The smallest absolute Gasteiger partial charge is 0.157 e. The molecule has 3 atom stereocenters. The van der Waals surface area contributed by atoms with E-state index in [2.05, 4.69) is 4.90 Å². The lowest BCUT2D eigenvalue weighted by atomic mass is 9.71. The highest BCUT2D eigenvalue weighted by Gasteiger charge is 2.42. The van der Waals surface area contributed by atoms with Crippen LogP contribution in [-0.4, -0.2) is 62.9 Å². The molecule has 0 radical (unpaired) electrons. The van der Waals surface area contributed by atoms with Crippen LogP contribution in [0.1, 0.15) is 67.6 Å². The minimum absolute atomic E-state index is 0.187. The van der Waals surface area contributed by atoms with Crippen LogP contribution >= 0.6 is 0 Å². The van der Waals surface area contributed by atoms with Crippen molar-refractivity contribution in [2.24, 2.45) is 0 Å². The van der Waals surface area contributed by atoms with Crippen LogP contribution in [0.4, 0.5) is 0 Å². The molecule has 2 saturated heterocycles. The van der Waals surface area contributed by atoms with E-state index in [1.165, 1.54) is 19.3 Å². The Hall–Kier alpha value is -2.90. The van der Waals surface area contributed by atoms with E-state index < -0.39 is 5.60 Å². The highest BCUT2D eigenvalue weighted by atomic mass is 16.7. The fraction of sp³-hybridized carbons (Fsp3) is 0.486. The minimum Gasteiger partial charge on any atom is -0.496 e. The Morgan fingerprint density at radius 3 is 2.32 bits per heavy atom. The molecule has 0 amide bonds. The van der Waals surface area contributed by atoms with Crippen LogP contribution < -0.4 is 9.47 Å². The Balaban J connectivity index is 1.41. The summed E-state index contributed by atoms with van der Waals surface area (Å²) in [6, 6.07) is 25.8. The summed E-state index contributed by atoms with van der Waals surface area (Å²) in [4.78, 5) is 2.48. The van der Waals surface area contributed by atoms with Crippen LogP contribution in [0.25, 0.3) is 0 Å². The molecule has 0 aromatic heterocycles. The third kappa shape index (κ3) is 7.49. The van der Waals surface area contributed by atoms with E-state index in [-0.39, 0.29) is 12.2 Å². The van der Waals surface area contributed by atoms with Gasteiger partial charge in [-0.2, -0.15) is 0 Å². The van der Waals surface area contributed by atoms with Gasteiger partial charge < -0.3 is 24.1 Å². The summed E-state index contributed by atoms with van der Waals surface area (Å²) in [7, 11) is 1.68. The van der Waals surface area contributed by atoms with Gasteiger partial charge in [0.15, 0.2) is 6.29 Å². The number of ether oxygens (including phenoxy) is 4. The van der Waals surface area contributed by atoms with Crippen molar-refractivity contribution in [1.82, 2.24) is 4.90 Å². The lowest BCUT2D eigenvalue weighted by molar-refractivity contribution is -0.165. The number of piperidine rings is 1. The van der Waals surface area contributed by atoms with Crippen molar-refractivity contribution in [3.05, 3.63) is 95.6 Å². The normalized spacial score (nSPS) is 20.2. The zero-order valence-electron chi connectivity index (χ0n) is 24.4. The first-order chi connectivity index (χ1) is 20.2. The van der Waals surface area contributed by atoms with E-state index in [4.69, 9.17) is 18.9 Å². The highest BCUT2D eigenvalue weighted by molar-refractivity contribution is 5.47. The second-order valence-electron chi connectivity index (χ2n) is 11.2. The molecule has 6 nitrogen and oxygen atoms in total. The van der Waals surface area contributed by atoms with E-state index in [9.17, 15) is 5.11 Å². The number of methoxy groups -OCH3 is 1. The molecule has 3 aromatic carbocycles. The molecule has 6 heteroatoms. The van der Waals surface area contributed by atoms with E-state index in [1.807, 2.05) is 78.9 Å². The van der Waals surface area contributed by atoms with Crippen molar-refractivity contribution in [1.29, 1.82) is 0 Å². The van der Waals surface area contributed by atoms with Gasteiger partial charge in [-0.25, -0.2) is 0 Å². The van der Waals surface area contributed by atoms with Crippen LogP contribution in [0.3, 0.4) is 0 Å². The number of hydrogen-bond donors (Lipinski definition) is 1. The lowest BCUT2D eigenvalue weighted by Crippen LogP contribution is -2.36. The van der Waals surface area contributed by atoms with Crippen molar-refractivity contribution in [3.63, 3.8) is 0 Å². The van der Waals surface area contributed by atoms with Crippen LogP contribution in [0.5, 0.6) is 11.5 Å². The molecule has 0 aliphatic carbocycles. The first kappa shape index (κ1) is 29.6. The van der Waals surface area contributed by atoms with Crippen LogP contribution in [0.15, 0.2) is 78.9 Å². The molecule has 5 rings (SSSR count). The topological polar surface area (TPSA) is 60.4 Å². The largest absolute Gasteiger partial charge is 0.496 e. The number of rotatable bonds is 13. The Bertz CT molecular complexity index is 1170. The van der Waals surface area contributed by atoms with Gasteiger partial charge in [-0.15, -0.1) is 0 Å². The summed E-state index contributed by atoms with van der Waals surface area (Å²) >= 11 is 0. The van der Waals surface area contributed by atoms with Crippen molar-refractivity contribution in [2.45, 2.75) is 62.8 Å². The Morgan fingerprint density at radius 2 is 1.59 bits per heavy atom. The molecule has 41 heavy (non-hydrogen) atoms. The molecule has 0 saturated carbocycles. The number of benzene rings is 3. The minimum atomic E-state index is -1.33. The maximum Gasteiger partial charge on any atom is 0.157 e.